The molecule has 2 fully saturated rings. The van der Waals surface area contributed by atoms with Gasteiger partial charge in [0.25, 0.3) is 0 Å². The molecule has 2 aliphatic rings. The third kappa shape index (κ3) is 6.21. The number of nitrogens with one attached hydrogen (secondary N) is 1. The average Bonchev–Trinajstić information content (AvgIpc) is 3.57. The van der Waals surface area contributed by atoms with Gasteiger partial charge in [-0.2, -0.15) is 0 Å². The van der Waals surface area contributed by atoms with Gasteiger partial charge in [-0.05, 0) is 68.0 Å². The second-order valence-electron chi connectivity index (χ2n) is 7.81. The largest absolute Gasteiger partial charge is 0.341 e. The number of rotatable bonds is 7. The summed E-state index contributed by atoms with van der Waals surface area (Å²) in [7, 11) is 0. The first-order valence-corrected chi connectivity index (χ1v) is 11.1. The lowest BCUT2D eigenvalue weighted by molar-refractivity contribution is -0.131. The van der Waals surface area contributed by atoms with Crippen LogP contribution in [0.1, 0.15) is 36.5 Å². The van der Waals surface area contributed by atoms with Gasteiger partial charge in [0.2, 0.25) is 5.91 Å². The van der Waals surface area contributed by atoms with E-state index in [1.165, 1.54) is 36.7 Å². The lowest BCUT2D eigenvalue weighted by atomic mass is 10.0. The van der Waals surface area contributed by atoms with Gasteiger partial charge < -0.3 is 10.2 Å². The van der Waals surface area contributed by atoms with Gasteiger partial charge in [-0.3, -0.25) is 4.79 Å². The summed E-state index contributed by atoms with van der Waals surface area (Å²) in [4.78, 5) is 16.3. The molecule has 1 atom stereocenters. The summed E-state index contributed by atoms with van der Waals surface area (Å²) in [5.41, 5.74) is 0.996. The molecule has 0 bridgehead atoms. The Kier molecular flexibility index (Phi) is 7.99. The average molecular weight is 435 g/mol. The number of hydrogen-bond acceptors (Lipinski definition) is 3. The number of nitrogens with zero attached hydrogens (tertiary/aromatic N) is 1. The zero-order valence-corrected chi connectivity index (χ0v) is 18.1. The van der Waals surface area contributed by atoms with Crippen LogP contribution in [0.15, 0.2) is 59.5 Å². The van der Waals surface area contributed by atoms with Crippen LogP contribution in [0.2, 0.25) is 0 Å². The van der Waals surface area contributed by atoms with E-state index in [0.717, 1.165) is 48.9 Å². The SMILES string of the molecule is Cl.O=C(C(Sc1ccc(F)cc1)c1ccccc1)N1CCC(NCC2CC2)CC1. The van der Waals surface area contributed by atoms with Crippen LogP contribution in [0.25, 0.3) is 0 Å². The van der Waals surface area contributed by atoms with Crippen LogP contribution < -0.4 is 5.32 Å². The van der Waals surface area contributed by atoms with Gasteiger partial charge in [-0.1, -0.05) is 30.3 Å². The molecule has 156 valence electrons. The molecule has 3 nitrogen and oxygen atoms in total. The van der Waals surface area contributed by atoms with Crippen LogP contribution in [0.5, 0.6) is 0 Å². The molecule has 1 heterocycles. The highest BCUT2D eigenvalue weighted by Crippen LogP contribution is 2.37. The van der Waals surface area contributed by atoms with Crippen molar-refractivity contribution in [2.75, 3.05) is 19.6 Å². The molecular weight excluding hydrogens is 407 g/mol. The molecule has 1 N–H and O–H groups in total. The minimum Gasteiger partial charge on any atom is -0.341 e. The normalized spacial score (nSPS) is 18.2. The van der Waals surface area contributed by atoms with Crippen LogP contribution in [0.3, 0.4) is 0 Å². The van der Waals surface area contributed by atoms with Gasteiger partial charge in [-0.15, -0.1) is 24.2 Å². The molecule has 1 saturated heterocycles. The van der Waals surface area contributed by atoms with Crippen LogP contribution in [0.4, 0.5) is 4.39 Å². The Bertz CT molecular complexity index is 777. The summed E-state index contributed by atoms with van der Waals surface area (Å²) in [6, 6.07) is 16.8. The smallest absolute Gasteiger partial charge is 0.240 e. The maximum atomic E-state index is 13.4. The topological polar surface area (TPSA) is 32.3 Å². The molecule has 0 spiro atoms. The predicted molar refractivity (Wildman–Crippen MR) is 119 cm³/mol. The number of amides is 1. The minimum absolute atomic E-state index is 0. The Morgan fingerprint density at radius 3 is 2.31 bits per heavy atom. The standard InChI is InChI=1S/C23H27FN2OS.ClH/c24-19-8-10-21(11-9-19)28-22(18-4-2-1-3-5-18)23(27)26-14-12-20(13-15-26)25-16-17-6-7-17;/h1-5,8-11,17,20,22,25H,6-7,12-16H2;1H. The van der Waals surface area contributed by atoms with Crippen molar-refractivity contribution in [3.05, 3.63) is 66.0 Å². The van der Waals surface area contributed by atoms with Gasteiger partial charge in [0, 0.05) is 24.0 Å². The van der Waals surface area contributed by atoms with E-state index in [2.05, 4.69) is 5.32 Å². The molecule has 1 unspecified atom stereocenters. The molecule has 6 heteroatoms. The van der Waals surface area contributed by atoms with E-state index in [1.54, 1.807) is 12.1 Å². The predicted octanol–water partition coefficient (Wildman–Crippen LogP) is 5.07. The Hall–Kier alpha value is -1.56. The summed E-state index contributed by atoms with van der Waals surface area (Å²) in [5.74, 6) is 0.781. The minimum atomic E-state index is -0.303. The molecule has 1 amide bonds. The number of benzene rings is 2. The summed E-state index contributed by atoms with van der Waals surface area (Å²) in [6.45, 7) is 2.73. The molecule has 1 saturated carbocycles. The fraction of sp³-hybridized carbons (Fsp3) is 0.435. The summed E-state index contributed by atoms with van der Waals surface area (Å²) in [6.07, 6.45) is 4.76. The second kappa shape index (κ2) is 10.5. The van der Waals surface area contributed by atoms with Crippen LogP contribution in [-0.4, -0.2) is 36.5 Å². The van der Waals surface area contributed by atoms with Crippen LogP contribution in [0, 0.1) is 11.7 Å². The third-order valence-corrected chi connectivity index (χ3v) is 6.85. The number of piperidine rings is 1. The molecule has 1 aliphatic heterocycles. The monoisotopic (exact) mass is 434 g/mol. The first-order valence-electron chi connectivity index (χ1n) is 10.2. The maximum absolute atomic E-state index is 13.4. The lowest BCUT2D eigenvalue weighted by Gasteiger charge is -2.34. The Labute approximate surface area is 182 Å². The van der Waals surface area contributed by atoms with E-state index >= 15 is 0 Å². The quantitative estimate of drug-likeness (QED) is 0.617. The zero-order chi connectivity index (χ0) is 19.3. The van der Waals surface area contributed by atoms with Gasteiger partial charge >= 0.3 is 0 Å². The third-order valence-electron chi connectivity index (χ3n) is 5.59. The Morgan fingerprint density at radius 2 is 1.69 bits per heavy atom. The van der Waals surface area contributed by atoms with Crippen molar-refractivity contribution in [2.24, 2.45) is 5.92 Å². The number of carbonyl (C=O) groups excluding carboxylic acids is 1. The van der Waals surface area contributed by atoms with Crippen molar-refractivity contribution in [1.82, 2.24) is 10.2 Å². The molecule has 2 aromatic rings. The van der Waals surface area contributed by atoms with E-state index in [1.807, 2.05) is 35.2 Å². The van der Waals surface area contributed by atoms with E-state index in [0.29, 0.717) is 6.04 Å². The van der Waals surface area contributed by atoms with Crippen LogP contribution >= 0.6 is 24.2 Å². The molecule has 1 aliphatic carbocycles. The van der Waals surface area contributed by atoms with E-state index in [-0.39, 0.29) is 29.4 Å². The fourth-order valence-corrected chi connectivity index (χ4v) is 4.77. The zero-order valence-electron chi connectivity index (χ0n) is 16.4. The van der Waals surface area contributed by atoms with Gasteiger partial charge in [-0.25, -0.2) is 4.39 Å². The van der Waals surface area contributed by atoms with Gasteiger partial charge in [0.1, 0.15) is 11.1 Å². The van der Waals surface area contributed by atoms with Crippen molar-refractivity contribution < 1.29 is 9.18 Å². The van der Waals surface area contributed by atoms with Crippen molar-refractivity contribution in [3.8, 4) is 0 Å². The maximum Gasteiger partial charge on any atom is 0.240 e. The molecule has 0 aromatic heterocycles. The summed E-state index contributed by atoms with van der Waals surface area (Å²) in [5, 5.41) is 3.37. The number of hydrogen-bond donors (Lipinski definition) is 1. The lowest BCUT2D eigenvalue weighted by Crippen LogP contribution is -2.46. The van der Waals surface area contributed by atoms with E-state index < -0.39 is 0 Å². The Morgan fingerprint density at radius 1 is 1.03 bits per heavy atom. The molecule has 2 aromatic carbocycles. The summed E-state index contributed by atoms with van der Waals surface area (Å²) >= 11 is 1.50. The first kappa shape index (κ1) is 22.1. The fourth-order valence-electron chi connectivity index (χ4n) is 3.66. The molecular formula is C23H28ClFN2OS. The molecule has 0 radical (unpaired) electrons. The van der Waals surface area contributed by atoms with Crippen LogP contribution in [-0.2, 0) is 4.79 Å². The summed E-state index contributed by atoms with van der Waals surface area (Å²) < 4.78 is 13.3. The van der Waals surface area contributed by atoms with E-state index in [4.69, 9.17) is 0 Å². The van der Waals surface area contributed by atoms with E-state index in [9.17, 15) is 9.18 Å². The highest BCUT2D eigenvalue weighted by atomic mass is 35.5. The van der Waals surface area contributed by atoms with Gasteiger partial charge in [0.05, 0.1) is 0 Å². The molecule has 29 heavy (non-hydrogen) atoms. The van der Waals surface area contributed by atoms with Crippen molar-refractivity contribution in [2.45, 2.75) is 41.9 Å². The highest BCUT2D eigenvalue weighted by Gasteiger charge is 2.30. The second-order valence-corrected chi connectivity index (χ2v) is 8.99. The van der Waals surface area contributed by atoms with Crippen molar-refractivity contribution >= 4 is 30.1 Å². The van der Waals surface area contributed by atoms with Gasteiger partial charge in [0.15, 0.2) is 0 Å². The van der Waals surface area contributed by atoms with Crippen molar-refractivity contribution in [3.63, 3.8) is 0 Å². The number of carbonyl (C=O) groups is 1. The number of halogens is 2. The molecule has 4 rings (SSSR count). The number of likely N-dealkylation sites (tertiary alicyclic amines) is 1. The highest BCUT2D eigenvalue weighted by molar-refractivity contribution is 8.00. The van der Waals surface area contributed by atoms with Crippen molar-refractivity contribution in [1.29, 1.82) is 0 Å². The first-order chi connectivity index (χ1) is 13.7. The Balaban J connectivity index is 0.00000240. The number of thioether (sulfide) groups is 1.